The molecule has 1 aliphatic carbocycles. The van der Waals surface area contributed by atoms with Crippen LogP contribution in [-0.4, -0.2) is 15.0 Å². The Labute approximate surface area is 112 Å². The summed E-state index contributed by atoms with van der Waals surface area (Å²) in [7, 11) is 1.89. The molecule has 2 atom stereocenters. The Morgan fingerprint density at radius 3 is 3.00 bits per heavy atom. The highest BCUT2D eigenvalue weighted by Crippen LogP contribution is 2.40. The fraction of sp³-hybridized carbons (Fsp3) is 0.429. The van der Waals surface area contributed by atoms with E-state index in [2.05, 4.69) is 34.6 Å². The summed E-state index contributed by atoms with van der Waals surface area (Å²) < 4.78 is 1.75. The van der Waals surface area contributed by atoms with Gasteiger partial charge in [0, 0.05) is 13.2 Å². The molecule has 0 bridgehead atoms. The van der Waals surface area contributed by atoms with Crippen LogP contribution >= 0.6 is 11.6 Å². The first-order chi connectivity index (χ1) is 8.74. The number of halogens is 1. The molecular weight excluding hydrogens is 246 g/mol. The molecule has 3 rings (SSSR count). The first-order valence-electron chi connectivity index (χ1n) is 6.31. The predicted octanol–water partition coefficient (Wildman–Crippen LogP) is 2.90. The van der Waals surface area contributed by atoms with Crippen LogP contribution in [0.25, 0.3) is 0 Å². The van der Waals surface area contributed by atoms with Gasteiger partial charge >= 0.3 is 0 Å². The van der Waals surface area contributed by atoms with E-state index < -0.39 is 0 Å². The fourth-order valence-corrected chi connectivity index (χ4v) is 3.16. The lowest BCUT2D eigenvalue weighted by atomic mass is 9.81. The summed E-state index contributed by atoms with van der Waals surface area (Å²) in [5, 5.41) is 8.22. The van der Waals surface area contributed by atoms with E-state index in [1.165, 1.54) is 11.1 Å². The lowest BCUT2D eigenvalue weighted by molar-refractivity contribution is 0.438. The quantitative estimate of drug-likeness (QED) is 0.779. The second kappa shape index (κ2) is 4.73. The van der Waals surface area contributed by atoms with E-state index in [1.54, 1.807) is 4.68 Å². The van der Waals surface area contributed by atoms with Gasteiger partial charge in [-0.25, -0.2) is 0 Å². The number of nitrogens with zero attached hydrogens (tertiary/aromatic N) is 3. The number of benzene rings is 1. The molecule has 1 aliphatic rings. The summed E-state index contributed by atoms with van der Waals surface area (Å²) in [6.45, 7) is 0. The van der Waals surface area contributed by atoms with Gasteiger partial charge in [-0.05, 0) is 36.3 Å². The van der Waals surface area contributed by atoms with Crippen molar-refractivity contribution >= 4 is 11.6 Å². The highest BCUT2D eigenvalue weighted by atomic mass is 35.5. The van der Waals surface area contributed by atoms with Crippen molar-refractivity contribution in [3.8, 4) is 0 Å². The lowest BCUT2D eigenvalue weighted by Gasteiger charge is -2.29. The fourth-order valence-electron chi connectivity index (χ4n) is 2.74. The minimum Gasteiger partial charge on any atom is -0.255 e. The maximum atomic E-state index is 6.61. The Kier molecular flexibility index (Phi) is 3.08. The Bertz CT molecular complexity index is 549. The van der Waals surface area contributed by atoms with Crippen LogP contribution in [0.15, 0.2) is 30.5 Å². The van der Waals surface area contributed by atoms with Crippen molar-refractivity contribution in [2.24, 2.45) is 13.0 Å². The van der Waals surface area contributed by atoms with Gasteiger partial charge in [-0.2, -0.15) is 0 Å². The molecule has 0 fully saturated rings. The smallest absolute Gasteiger partial charge is 0.0830 e. The van der Waals surface area contributed by atoms with Crippen LogP contribution in [-0.2, 0) is 19.9 Å². The summed E-state index contributed by atoms with van der Waals surface area (Å²) in [5.74, 6) is 0.457. The third-order valence-corrected chi connectivity index (χ3v) is 4.26. The number of alkyl halides is 1. The van der Waals surface area contributed by atoms with E-state index in [9.17, 15) is 0 Å². The molecule has 1 heterocycles. The number of hydrogen-bond acceptors (Lipinski definition) is 2. The first-order valence-corrected chi connectivity index (χ1v) is 6.75. The molecule has 0 saturated heterocycles. The van der Waals surface area contributed by atoms with Gasteiger partial charge in [-0.15, -0.1) is 16.7 Å². The van der Waals surface area contributed by atoms with Crippen LogP contribution in [0.2, 0.25) is 0 Å². The minimum absolute atomic E-state index is 0.0944. The van der Waals surface area contributed by atoms with E-state index >= 15 is 0 Å². The molecule has 18 heavy (non-hydrogen) atoms. The first kappa shape index (κ1) is 11.7. The average Bonchev–Trinajstić information content (AvgIpc) is 2.79. The monoisotopic (exact) mass is 261 g/mol. The number of rotatable bonds is 2. The number of aromatic nitrogens is 3. The molecule has 2 unspecified atom stereocenters. The average molecular weight is 262 g/mol. The summed E-state index contributed by atoms with van der Waals surface area (Å²) in [6, 6.07) is 8.49. The van der Waals surface area contributed by atoms with Gasteiger partial charge in [-0.3, -0.25) is 4.68 Å². The Morgan fingerprint density at radius 1 is 1.39 bits per heavy atom. The molecule has 0 amide bonds. The number of hydrogen-bond donors (Lipinski definition) is 0. The number of fused-ring (bicyclic) bond motifs is 1. The molecule has 4 heteroatoms. The van der Waals surface area contributed by atoms with E-state index in [0.717, 1.165) is 25.0 Å². The topological polar surface area (TPSA) is 30.7 Å². The van der Waals surface area contributed by atoms with E-state index in [0.29, 0.717) is 5.92 Å². The van der Waals surface area contributed by atoms with Crippen molar-refractivity contribution in [1.29, 1.82) is 0 Å². The minimum atomic E-state index is 0.0944. The molecule has 0 radical (unpaired) electrons. The SMILES string of the molecule is Cn1cc(CC2CCc3ccccc3C2Cl)nn1. The zero-order chi connectivity index (χ0) is 12.5. The van der Waals surface area contributed by atoms with Crippen LogP contribution < -0.4 is 0 Å². The van der Waals surface area contributed by atoms with Crippen LogP contribution in [0.3, 0.4) is 0 Å². The third kappa shape index (κ3) is 2.15. The highest BCUT2D eigenvalue weighted by Gasteiger charge is 2.28. The highest BCUT2D eigenvalue weighted by molar-refractivity contribution is 6.21. The third-order valence-electron chi connectivity index (χ3n) is 3.67. The van der Waals surface area contributed by atoms with Gasteiger partial charge in [0.05, 0.1) is 11.1 Å². The van der Waals surface area contributed by atoms with Crippen molar-refractivity contribution in [3.63, 3.8) is 0 Å². The second-order valence-electron chi connectivity index (χ2n) is 4.99. The number of aryl methyl sites for hydroxylation is 2. The Morgan fingerprint density at radius 2 is 2.22 bits per heavy atom. The molecular formula is C14H16ClN3. The van der Waals surface area contributed by atoms with Crippen LogP contribution in [0.4, 0.5) is 0 Å². The molecule has 94 valence electrons. The molecule has 1 aromatic carbocycles. The Balaban J connectivity index is 1.80. The van der Waals surface area contributed by atoms with Crippen LogP contribution in [0.1, 0.15) is 28.6 Å². The molecule has 0 N–H and O–H groups in total. The summed E-state index contributed by atoms with van der Waals surface area (Å²) in [4.78, 5) is 0. The predicted molar refractivity (Wildman–Crippen MR) is 71.6 cm³/mol. The van der Waals surface area contributed by atoms with Gasteiger partial charge < -0.3 is 0 Å². The Hall–Kier alpha value is -1.35. The van der Waals surface area contributed by atoms with Crippen molar-refractivity contribution in [2.45, 2.75) is 24.6 Å². The van der Waals surface area contributed by atoms with E-state index in [4.69, 9.17) is 11.6 Å². The van der Waals surface area contributed by atoms with Gasteiger partial charge in [0.15, 0.2) is 0 Å². The summed E-state index contributed by atoms with van der Waals surface area (Å²) >= 11 is 6.61. The maximum Gasteiger partial charge on any atom is 0.0830 e. The van der Waals surface area contributed by atoms with Crippen LogP contribution in [0.5, 0.6) is 0 Å². The van der Waals surface area contributed by atoms with Crippen molar-refractivity contribution in [3.05, 3.63) is 47.3 Å². The standard InChI is InChI=1S/C14H16ClN3/c1-18-9-12(16-17-18)8-11-7-6-10-4-2-3-5-13(10)14(11)15/h2-5,9,11,14H,6-8H2,1H3. The van der Waals surface area contributed by atoms with Crippen molar-refractivity contribution in [2.75, 3.05) is 0 Å². The molecule has 0 saturated carbocycles. The van der Waals surface area contributed by atoms with Gasteiger partial charge in [0.2, 0.25) is 0 Å². The lowest BCUT2D eigenvalue weighted by Crippen LogP contribution is -2.19. The zero-order valence-electron chi connectivity index (χ0n) is 10.4. The normalized spacial score (nSPS) is 22.8. The van der Waals surface area contributed by atoms with Gasteiger partial charge in [0.25, 0.3) is 0 Å². The van der Waals surface area contributed by atoms with Crippen molar-refractivity contribution in [1.82, 2.24) is 15.0 Å². The molecule has 3 nitrogen and oxygen atoms in total. The maximum absolute atomic E-state index is 6.61. The molecule has 2 aromatic rings. The second-order valence-corrected chi connectivity index (χ2v) is 5.46. The molecule has 1 aromatic heterocycles. The zero-order valence-corrected chi connectivity index (χ0v) is 11.1. The largest absolute Gasteiger partial charge is 0.255 e. The molecule has 0 aliphatic heterocycles. The van der Waals surface area contributed by atoms with E-state index in [1.807, 2.05) is 13.2 Å². The van der Waals surface area contributed by atoms with Crippen molar-refractivity contribution < 1.29 is 0 Å². The van der Waals surface area contributed by atoms with Gasteiger partial charge in [-0.1, -0.05) is 29.5 Å². The summed E-state index contributed by atoms with van der Waals surface area (Å²) in [5.41, 5.74) is 3.72. The van der Waals surface area contributed by atoms with E-state index in [-0.39, 0.29) is 5.38 Å². The van der Waals surface area contributed by atoms with Crippen LogP contribution in [0, 0.1) is 5.92 Å². The summed E-state index contributed by atoms with van der Waals surface area (Å²) in [6.07, 6.45) is 5.13. The van der Waals surface area contributed by atoms with Gasteiger partial charge in [0.1, 0.15) is 0 Å². The molecule has 0 spiro atoms.